The van der Waals surface area contributed by atoms with Crippen molar-refractivity contribution in [2.75, 3.05) is 7.11 Å². The molecule has 1 aliphatic carbocycles. The number of carboxylic acid groups (broad SMARTS) is 1. The first kappa shape index (κ1) is 22.8. The summed E-state index contributed by atoms with van der Waals surface area (Å²) in [6.07, 6.45) is 0.941. The summed E-state index contributed by atoms with van der Waals surface area (Å²) in [6, 6.07) is 16.7. The molecule has 3 aromatic rings. The average molecular weight is 449 g/mol. The normalized spacial score (nSPS) is 14.9. The third-order valence-corrected chi connectivity index (χ3v) is 6.20. The van der Waals surface area contributed by atoms with Gasteiger partial charge in [0.05, 0.1) is 13.5 Å². The molecule has 1 atom stereocenters. The van der Waals surface area contributed by atoms with Crippen molar-refractivity contribution in [3.05, 3.63) is 82.7 Å². The number of methoxy groups -OCH3 is 1. The standard InChI is InChI=1S/C28H29FO4/c1-28(2,3)25-11-17(5-8-23(25)24-15-20(32-4)7-10-26(24)29)16-33-21-6-9-22-18(13-21)12-19(22)14-27(30)31/h5-11,13,15,19H,12,14,16H2,1-4H3,(H,30,31). The van der Waals surface area contributed by atoms with Crippen LogP contribution in [0.4, 0.5) is 4.39 Å². The lowest BCUT2D eigenvalue weighted by Crippen LogP contribution is -2.20. The maximum Gasteiger partial charge on any atom is 0.303 e. The Morgan fingerprint density at radius 2 is 1.79 bits per heavy atom. The zero-order chi connectivity index (χ0) is 23.8. The first-order chi connectivity index (χ1) is 15.7. The summed E-state index contributed by atoms with van der Waals surface area (Å²) in [6.45, 7) is 6.72. The van der Waals surface area contributed by atoms with E-state index in [4.69, 9.17) is 14.6 Å². The SMILES string of the molecule is COc1ccc(F)c(-c2ccc(COc3ccc4c(c3)CC4CC(=O)O)cc2C(C)(C)C)c1. The fraction of sp³-hybridized carbons (Fsp3) is 0.321. The van der Waals surface area contributed by atoms with Crippen LogP contribution in [0, 0.1) is 5.82 Å². The molecule has 0 bridgehead atoms. The van der Waals surface area contributed by atoms with Crippen molar-refractivity contribution in [2.45, 2.75) is 51.6 Å². The van der Waals surface area contributed by atoms with Gasteiger partial charge in [0.25, 0.3) is 0 Å². The summed E-state index contributed by atoms with van der Waals surface area (Å²) in [7, 11) is 1.57. The molecule has 3 aromatic carbocycles. The third kappa shape index (κ3) is 4.87. The van der Waals surface area contributed by atoms with Gasteiger partial charge in [-0.1, -0.05) is 45.0 Å². The molecule has 0 fully saturated rings. The van der Waals surface area contributed by atoms with Gasteiger partial charge < -0.3 is 14.6 Å². The van der Waals surface area contributed by atoms with Gasteiger partial charge >= 0.3 is 5.97 Å². The van der Waals surface area contributed by atoms with E-state index in [1.807, 2.05) is 30.3 Å². The Morgan fingerprint density at radius 3 is 2.45 bits per heavy atom. The van der Waals surface area contributed by atoms with Gasteiger partial charge in [0.2, 0.25) is 0 Å². The van der Waals surface area contributed by atoms with E-state index in [0.717, 1.165) is 40.0 Å². The van der Waals surface area contributed by atoms with E-state index < -0.39 is 5.97 Å². The number of hydrogen-bond donors (Lipinski definition) is 1. The molecule has 1 unspecified atom stereocenters. The minimum atomic E-state index is -0.766. The van der Waals surface area contributed by atoms with Crippen LogP contribution in [-0.2, 0) is 23.2 Å². The van der Waals surface area contributed by atoms with Gasteiger partial charge in [0, 0.05) is 5.56 Å². The monoisotopic (exact) mass is 448 g/mol. The highest BCUT2D eigenvalue weighted by Crippen LogP contribution is 2.40. The zero-order valence-electron chi connectivity index (χ0n) is 19.4. The first-order valence-electron chi connectivity index (χ1n) is 11.1. The zero-order valence-corrected chi connectivity index (χ0v) is 19.4. The number of rotatable bonds is 7. The predicted octanol–water partition coefficient (Wildman–Crippen LogP) is 6.49. The molecule has 0 saturated carbocycles. The number of hydrogen-bond acceptors (Lipinski definition) is 3. The van der Waals surface area contributed by atoms with Crippen LogP contribution in [0.15, 0.2) is 54.6 Å². The lowest BCUT2D eigenvalue weighted by molar-refractivity contribution is -0.137. The van der Waals surface area contributed by atoms with Crippen LogP contribution < -0.4 is 9.47 Å². The van der Waals surface area contributed by atoms with E-state index in [1.54, 1.807) is 19.2 Å². The summed E-state index contributed by atoms with van der Waals surface area (Å²) >= 11 is 0. The number of benzene rings is 3. The highest BCUT2D eigenvalue weighted by molar-refractivity contribution is 5.71. The van der Waals surface area contributed by atoms with Crippen LogP contribution in [0.2, 0.25) is 0 Å². The summed E-state index contributed by atoms with van der Waals surface area (Å²) in [5, 5.41) is 9.00. The van der Waals surface area contributed by atoms with Gasteiger partial charge in [0.1, 0.15) is 23.9 Å². The van der Waals surface area contributed by atoms with Gasteiger partial charge in [-0.05, 0) is 75.9 Å². The summed E-state index contributed by atoms with van der Waals surface area (Å²) in [4.78, 5) is 11.0. The molecular weight excluding hydrogens is 419 g/mol. The Hall–Kier alpha value is -3.34. The molecule has 0 radical (unpaired) electrons. The van der Waals surface area contributed by atoms with Crippen molar-refractivity contribution >= 4 is 5.97 Å². The third-order valence-electron chi connectivity index (χ3n) is 6.20. The van der Waals surface area contributed by atoms with E-state index >= 15 is 0 Å². The molecule has 5 heteroatoms. The van der Waals surface area contributed by atoms with Crippen LogP contribution in [0.1, 0.15) is 55.4 Å². The van der Waals surface area contributed by atoms with E-state index in [1.165, 1.54) is 6.07 Å². The van der Waals surface area contributed by atoms with Gasteiger partial charge in [-0.25, -0.2) is 4.39 Å². The Bertz CT molecular complexity index is 1190. The number of halogens is 1. The number of carboxylic acids is 1. The van der Waals surface area contributed by atoms with Crippen molar-refractivity contribution in [1.82, 2.24) is 0 Å². The second-order valence-corrected chi connectivity index (χ2v) is 9.62. The highest BCUT2D eigenvalue weighted by Gasteiger charge is 2.28. The number of fused-ring (bicyclic) bond motifs is 1. The number of ether oxygens (including phenoxy) is 2. The smallest absolute Gasteiger partial charge is 0.303 e. The van der Waals surface area contributed by atoms with E-state index in [2.05, 4.69) is 26.8 Å². The molecule has 4 nitrogen and oxygen atoms in total. The molecule has 0 amide bonds. The molecule has 0 saturated heterocycles. The molecule has 0 heterocycles. The Balaban J connectivity index is 1.55. The van der Waals surface area contributed by atoms with Gasteiger partial charge in [-0.2, -0.15) is 0 Å². The first-order valence-corrected chi connectivity index (χ1v) is 11.1. The maximum absolute atomic E-state index is 14.7. The largest absolute Gasteiger partial charge is 0.497 e. The van der Waals surface area contributed by atoms with E-state index in [0.29, 0.717) is 17.9 Å². The molecule has 0 spiro atoms. The highest BCUT2D eigenvalue weighted by atomic mass is 19.1. The lowest BCUT2D eigenvalue weighted by Gasteiger charge is -2.29. The van der Waals surface area contributed by atoms with Crippen molar-refractivity contribution in [3.8, 4) is 22.6 Å². The lowest BCUT2D eigenvalue weighted by atomic mass is 9.76. The van der Waals surface area contributed by atoms with E-state index in [9.17, 15) is 9.18 Å². The fourth-order valence-electron chi connectivity index (χ4n) is 4.43. The average Bonchev–Trinajstić information content (AvgIpc) is 2.75. The molecule has 1 aliphatic rings. The van der Waals surface area contributed by atoms with Gasteiger partial charge in [-0.15, -0.1) is 0 Å². The molecule has 1 N–H and O–H groups in total. The molecular formula is C28H29FO4. The Kier molecular flexibility index (Phi) is 6.15. The molecule has 33 heavy (non-hydrogen) atoms. The van der Waals surface area contributed by atoms with Crippen molar-refractivity contribution < 1.29 is 23.8 Å². The molecule has 172 valence electrons. The van der Waals surface area contributed by atoms with Crippen LogP contribution in [0.5, 0.6) is 11.5 Å². The van der Waals surface area contributed by atoms with Crippen LogP contribution in [0.3, 0.4) is 0 Å². The van der Waals surface area contributed by atoms with E-state index in [-0.39, 0.29) is 23.6 Å². The minimum absolute atomic E-state index is 0.102. The number of carbonyl (C=O) groups is 1. The van der Waals surface area contributed by atoms with Crippen molar-refractivity contribution in [2.24, 2.45) is 0 Å². The van der Waals surface area contributed by atoms with Crippen LogP contribution >= 0.6 is 0 Å². The van der Waals surface area contributed by atoms with Crippen molar-refractivity contribution in [3.63, 3.8) is 0 Å². The number of aliphatic carboxylic acids is 1. The Morgan fingerprint density at radius 1 is 1.03 bits per heavy atom. The quantitative estimate of drug-likeness (QED) is 0.449. The molecule has 0 aromatic heterocycles. The second-order valence-electron chi connectivity index (χ2n) is 9.62. The predicted molar refractivity (Wildman–Crippen MR) is 127 cm³/mol. The fourth-order valence-corrected chi connectivity index (χ4v) is 4.43. The van der Waals surface area contributed by atoms with Crippen molar-refractivity contribution in [1.29, 1.82) is 0 Å². The minimum Gasteiger partial charge on any atom is -0.497 e. The molecule has 4 rings (SSSR count). The van der Waals surface area contributed by atoms with Gasteiger partial charge in [-0.3, -0.25) is 4.79 Å². The van der Waals surface area contributed by atoms with Crippen LogP contribution in [0.25, 0.3) is 11.1 Å². The topological polar surface area (TPSA) is 55.8 Å². The Labute approximate surface area is 194 Å². The second kappa shape index (κ2) is 8.89. The summed E-state index contributed by atoms with van der Waals surface area (Å²) in [5.41, 5.74) is 5.44. The summed E-state index contributed by atoms with van der Waals surface area (Å²) in [5.74, 6) is 0.435. The summed E-state index contributed by atoms with van der Waals surface area (Å²) < 4.78 is 26.0. The maximum atomic E-state index is 14.7. The molecule has 0 aliphatic heterocycles. The van der Waals surface area contributed by atoms with Crippen LogP contribution in [-0.4, -0.2) is 18.2 Å². The van der Waals surface area contributed by atoms with Gasteiger partial charge in [0.15, 0.2) is 0 Å².